The minimum atomic E-state index is -0.555. The zero-order chi connectivity index (χ0) is 15.0. The lowest BCUT2D eigenvalue weighted by Gasteiger charge is -2.19. The fraction of sp³-hybridized carbons (Fsp3) is 0.500. The number of methoxy groups -OCH3 is 4. The second-order valence-corrected chi connectivity index (χ2v) is 3.95. The number of nitrogens with zero attached hydrogens (tertiary/aromatic N) is 1. The molecule has 0 aliphatic rings. The Morgan fingerprint density at radius 3 is 2.10 bits per heavy atom. The first-order chi connectivity index (χ1) is 9.71. The molecule has 0 amide bonds. The van der Waals surface area contributed by atoms with E-state index in [1.807, 2.05) is 0 Å². The Kier molecular flexibility index (Phi) is 6.64. The van der Waals surface area contributed by atoms with E-state index in [4.69, 9.17) is 18.9 Å². The van der Waals surface area contributed by atoms with E-state index in [2.05, 4.69) is 11.4 Å². The molecule has 0 bridgehead atoms. The van der Waals surface area contributed by atoms with Gasteiger partial charge in [-0.25, -0.2) is 0 Å². The summed E-state index contributed by atoms with van der Waals surface area (Å²) in [5, 5.41) is 12.4. The first-order valence-corrected chi connectivity index (χ1v) is 6.13. The van der Waals surface area contributed by atoms with Crippen LogP contribution in [0.4, 0.5) is 0 Å². The van der Waals surface area contributed by atoms with Gasteiger partial charge in [0.2, 0.25) is 0 Å². The van der Waals surface area contributed by atoms with Crippen molar-refractivity contribution in [3.05, 3.63) is 17.7 Å². The van der Waals surface area contributed by atoms with Gasteiger partial charge in [-0.15, -0.1) is 0 Å². The molecule has 0 aliphatic carbocycles. The Morgan fingerprint density at radius 1 is 1.10 bits per heavy atom. The molecule has 0 saturated carbocycles. The summed E-state index contributed by atoms with van der Waals surface area (Å²) >= 11 is 0. The van der Waals surface area contributed by atoms with E-state index in [1.165, 1.54) is 0 Å². The van der Waals surface area contributed by atoms with Crippen LogP contribution in [0.1, 0.15) is 11.6 Å². The van der Waals surface area contributed by atoms with Crippen LogP contribution in [0.2, 0.25) is 0 Å². The molecule has 0 aromatic heterocycles. The van der Waals surface area contributed by atoms with Crippen molar-refractivity contribution >= 4 is 0 Å². The quantitative estimate of drug-likeness (QED) is 0.728. The van der Waals surface area contributed by atoms with Crippen LogP contribution in [-0.2, 0) is 4.74 Å². The van der Waals surface area contributed by atoms with Crippen molar-refractivity contribution in [3.8, 4) is 23.3 Å². The Hall–Kier alpha value is -1.97. The van der Waals surface area contributed by atoms with E-state index >= 15 is 0 Å². The van der Waals surface area contributed by atoms with E-state index in [9.17, 15) is 5.26 Å². The average Bonchev–Trinajstić information content (AvgIpc) is 2.50. The first kappa shape index (κ1) is 16.1. The van der Waals surface area contributed by atoms with E-state index < -0.39 is 6.04 Å². The van der Waals surface area contributed by atoms with Crippen LogP contribution in [0.5, 0.6) is 17.2 Å². The summed E-state index contributed by atoms with van der Waals surface area (Å²) in [6, 6.07) is 5.09. The minimum Gasteiger partial charge on any atom is -0.496 e. The molecule has 0 spiro atoms. The highest BCUT2D eigenvalue weighted by atomic mass is 16.5. The molecule has 1 rings (SSSR count). The molecule has 1 atom stereocenters. The molecule has 6 heteroatoms. The van der Waals surface area contributed by atoms with Crippen LogP contribution in [0.3, 0.4) is 0 Å². The zero-order valence-corrected chi connectivity index (χ0v) is 12.2. The van der Waals surface area contributed by atoms with Crippen LogP contribution in [-0.4, -0.2) is 41.6 Å². The molecule has 1 N–H and O–H groups in total. The Morgan fingerprint density at radius 2 is 1.70 bits per heavy atom. The maximum absolute atomic E-state index is 9.35. The molecule has 20 heavy (non-hydrogen) atoms. The van der Waals surface area contributed by atoms with Gasteiger partial charge in [0.25, 0.3) is 0 Å². The summed E-state index contributed by atoms with van der Waals surface area (Å²) in [6.45, 7) is 1.06. The van der Waals surface area contributed by atoms with Crippen LogP contribution in [0.15, 0.2) is 12.1 Å². The summed E-state index contributed by atoms with van der Waals surface area (Å²) in [5.41, 5.74) is 0.648. The molecule has 1 aromatic rings. The normalized spacial score (nSPS) is 11.6. The lowest BCUT2D eigenvalue weighted by Crippen LogP contribution is -2.24. The minimum absolute atomic E-state index is 0.513. The number of hydrogen-bond acceptors (Lipinski definition) is 6. The third kappa shape index (κ3) is 3.76. The SMILES string of the molecule is COCCNC(C#N)c1c(OC)cc(OC)cc1OC. The maximum atomic E-state index is 9.35. The van der Waals surface area contributed by atoms with Crippen LogP contribution in [0.25, 0.3) is 0 Å². The standard InChI is InChI=1S/C14H20N2O4/c1-17-6-5-16-11(9-15)14-12(19-3)7-10(18-2)8-13(14)20-4/h7-8,11,16H,5-6H2,1-4H3. The van der Waals surface area contributed by atoms with Crippen molar-refractivity contribution in [1.29, 1.82) is 5.26 Å². The molecule has 0 aliphatic heterocycles. The summed E-state index contributed by atoms with van der Waals surface area (Å²) in [4.78, 5) is 0. The second-order valence-electron chi connectivity index (χ2n) is 3.95. The number of ether oxygens (including phenoxy) is 4. The lowest BCUT2D eigenvalue weighted by atomic mass is 10.0. The van der Waals surface area contributed by atoms with Gasteiger partial charge in [-0.05, 0) is 0 Å². The van der Waals surface area contributed by atoms with Gasteiger partial charge in [-0.1, -0.05) is 0 Å². The largest absolute Gasteiger partial charge is 0.496 e. The Labute approximate surface area is 119 Å². The Balaban J connectivity index is 3.15. The van der Waals surface area contributed by atoms with E-state index in [1.54, 1.807) is 40.6 Å². The molecule has 1 unspecified atom stereocenters. The molecule has 0 heterocycles. The van der Waals surface area contributed by atoms with Gasteiger partial charge < -0.3 is 18.9 Å². The molecule has 110 valence electrons. The third-order valence-electron chi connectivity index (χ3n) is 2.83. The highest BCUT2D eigenvalue weighted by molar-refractivity contribution is 5.53. The van der Waals surface area contributed by atoms with Crippen molar-refractivity contribution in [2.24, 2.45) is 0 Å². The maximum Gasteiger partial charge on any atom is 0.132 e. The van der Waals surface area contributed by atoms with Crippen molar-refractivity contribution < 1.29 is 18.9 Å². The van der Waals surface area contributed by atoms with Gasteiger partial charge >= 0.3 is 0 Å². The lowest BCUT2D eigenvalue weighted by molar-refractivity contribution is 0.197. The molecule has 0 fully saturated rings. The van der Waals surface area contributed by atoms with Crippen molar-refractivity contribution in [2.75, 3.05) is 41.6 Å². The fourth-order valence-electron chi connectivity index (χ4n) is 1.83. The zero-order valence-electron chi connectivity index (χ0n) is 12.2. The summed E-state index contributed by atoms with van der Waals surface area (Å²) in [7, 11) is 6.26. The van der Waals surface area contributed by atoms with Crippen LogP contribution >= 0.6 is 0 Å². The molecular formula is C14H20N2O4. The van der Waals surface area contributed by atoms with Gasteiger partial charge in [-0.3, -0.25) is 5.32 Å². The van der Waals surface area contributed by atoms with E-state index in [0.29, 0.717) is 36.0 Å². The van der Waals surface area contributed by atoms with Crippen molar-refractivity contribution in [3.63, 3.8) is 0 Å². The molecule has 6 nitrogen and oxygen atoms in total. The average molecular weight is 280 g/mol. The number of benzene rings is 1. The topological polar surface area (TPSA) is 72.7 Å². The van der Waals surface area contributed by atoms with Crippen LogP contribution in [0, 0.1) is 11.3 Å². The number of rotatable bonds is 8. The smallest absolute Gasteiger partial charge is 0.132 e. The molecule has 0 radical (unpaired) electrons. The Bertz CT molecular complexity index is 446. The fourth-order valence-corrected chi connectivity index (χ4v) is 1.83. The van der Waals surface area contributed by atoms with E-state index in [0.717, 1.165) is 0 Å². The predicted molar refractivity (Wildman–Crippen MR) is 74.3 cm³/mol. The van der Waals surface area contributed by atoms with Gasteiger partial charge in [0.05, 0.1) is 39.6 Å². The van der Waals surface area contributed by atoms with Gasteiger partial charge in [0.15, 0.2) is 0 Å². The summed E-state index contributed by atoms with van der Waals surface area (Å²) in [6.07, 6.45) is 0. The molecule has 1 aromatic carbocycles. The van der Waals surface area contributed by atoms with Crippen molar-refractivity contribution in [1.82, 2.24) is 5.32 Å². The van der Waals surface area contributed by atoms with Gasteiger partial charge in [-0.2, -0.15) is 5.26 Å². The van der Waals surface area contributed by atoms with Crippen molar-refractivity contribution in [2.45, 2.75) is 6.04 Å². The summed E-state index contributed by atoms with van der Waals surface area (Å²) in [5.74, 6) is 1.69. The van der Waals surface area contributed by atoms with Gasteiger partial charge in [0, 0.05) is 25.8 Å². The molecular weight excluding hydrogens is 260 g/mol. The third-order valence-corrected chi connectivity index (χ3v) is 2.83. The van der Waals surface area contributed by atoms with E-state index in [-0.39, 0.29) is 0 Å². The number of hydrogen-bond donors (Lipinski definition) is 1. The summed E-state index contributed by atoms with van der Waals surface area (Å²) < 4.78 is 20.8. The number of nitriles is 1. The number of nitrogens with one attached hydrogen (secondary N) is 1. The van der Waals surface area contributed by atoms with Crippen LogP contribution < -0.4 is 19.5 Å². The van der Waals surface area contributed by atoms with Gasteiger partial charge in [0.1, 0.15) is 23.3 Å². The first-order valence-electron chi connectivity index (χ1n) is 6.13. The predicted octanol–water partition coefficient (Wildman–Crippen LogP) is 1.51. The molecule has 0 saturated heterocycles. The highest BCUT2D eigenvalue weighted by Gasteiger charge is 2.21. The second kappa shape index (κ2) is 8.25. The highest BCUT2D eigenvalue weighted by Crippen LogP contribution is 2.38. The monoisotopic (exact) mass is 280 g/mol.